The van der Waals surface area contributed by atoms with Gasteiger partial charge in [-0.15, -0.1) is 0 Å². The molecular weight excluding hydrogens is 276 g/mol. The van der Waals surface area contributed by atoms with Crippen molar-refractivity contribution in [2.45, 2.75) is 25.4 Å². The second-order valence-corrected chi connectivity index (χ2v) is 4.95. The summed E-state index contributed by atoms with van der Waals surface area (Å²) in [6.45, 7) is 3.12. The zero-order valence-electron chi connectivity index (χ0n) is 8.94. The van der Waals surface area contributed by atoms with Crippen molar-refractivity contribution in [1.29, 1.82) is 0 Å². The summed E-state index contributed by atoms with van der Waals surface area (Å²) in [5.41, 5.74) is -0.708. The van der Waals surface area contributed by atoms with Crippen molar-refractivity contribution >= 4 is 21.9 Å². The number of aliphatic hydroxyl groups excluding tert-OH is 1. The molecule has 0 fully saturated rings. The molecule has 0 aliphatic rings. The second kappa shape index (κ2) is 4.43. The Hall–Kier alpha value is -1.07. The molecule has 16 heavy (non-hydrogen) atoms. The Balaban J connectivity index is 3.31. The van der Waals surface area contributed by atoms with Crippen molar-refractivity contribution in [3.8, 4) is 5.75 Å². The molecule has 0 radical (unpaired) electrons. The summed E-state index contributed by atoms with van der Waals surface area (Å²) >= 11 is 3.24. The van der Waals surface area contributed by atoms with Crippen LogP contribution in [0.25, 0.3) is 0 Å². The quantitative estimate of drug-likeness (QED) is 0.794. The first-order valence-corrected chi connectivity index (χ1v) is 5.46. The molecule has 4 nitrogen and oxygen atoms in total. The third-order valence-electron chi connectivity index (χ3n) is 2.55. The Morgan fingerprint density at radius 1 is 1.44 bits per heavy atom. The van der Waals surface area contributed by atoms with Crippen LogP contribution in [0.2, 0.25) is 0 Å². The van der Waals surface area contributed by atoms with Crippen LogP contribution in [0.1, 0.15) is 19.4 Å². The first-order valence-electron chi connectivity index (χ1n) is 4.67. The topological polar surface area (TPSA) is 77.8 Å². The van der Waals surface area contributed by atoms with Crippen molar-refractivity contribution in [2.24, 2.45) is 0 Å². The number of carboxylic acids is 1. The van der Waals surface area contributed by atoms with Crippen LogP contribution < -0.4 is 0 Å². The molecule has 1 rings (SSSR count). The first-order chi connectivity index (χ1) is 7.28. The fourth-order valence-electron chi connectivity index (χ4n) is 1.60. The summed E-state index contributed by atoms with van der Waals surface area (Å²) < 4.78 is 0.567. The van der Waals surface area contributed by atoms with E-state index in [2.05, 4.69) is 15.9 Å². The van der Waals surface area contributed by atoms with E-state index in [1.54, 1.807) is 26.0 Å². The smallest absolute Gasteiger partial charge is 0.333 e. The van der Waals surface area contributed by atoms with Gasteiger partial charge in [0.2, 0.25) is 0 Å². The van der Waals surface area contributed by atoms with Gasteiger partial charge in [-0.05, 0) is 12.1 Å². The van der Waals surface area contributed by atoms with E-state index in [1.807, 2.05) is 0 Å². The highest BCUT2D eigenvalue weighted by Gasteiger charge is 2.38. The van der Waals surface area contributed by atoms with E-state index in [-0.39, 0.29) is 5.75 Å². The maximum atomic E-state index is 10.8. The standard InChI is InChI=1S/C11H13BrO4/c1-11(2,9(14)10(15)16)8-6(12)4-3-5-7(8)13/h3-5,9,13-14H,1-2H3,(H,15,16). The third kappa shape index (κ3) is 2.20. The molecule has 0 aliphatic carbocycles. The molecule has 0 amide bonds. The van der Waals surface area contributed by atoms with Crippen LogP contribution in [0.3, 0.4) is 0 Å². The number of phenols is 1. The highest BCUT2D eigenvalue weighted by molar-refractivity contribution is 9.10. The molecule has 3 N–H and O–H groups in total. The molecule has 1 aromatic rings. The van der Waals surface area contributed by atoms with Crippen LogP contribution in [0, 0.1) is 0 Å². The normalized spacial score (nSPS) is 13.5. The van der Waals surface area contributed by atoms with E-state index in [4.69, 9.17) is 5.11 Å². The maximum Gasteiger partial charge on any atom is 0.333 e. The number of aromatic hydroxyl groups is 1. The molecule has 5 heteroatoms. The summed E-state index contributed by atoms with van der Waals surface area (Å²) in [6.07, 6.45) is -1.59. The molecule has 0 aromatic heterocycles. The van der Waals surface area contributed by atoms with Crippen molar-refractivity contribution in [3.63, 3.8) is 0 Å². The number of phenolic OH excluding ortho intramolecular Hbond substituents is 1. The predicted molar refractivity (Wildman–Crippen MR) is 62.5 cm³/mol. The zero-order chi connectivity index (χ0) is 12.5. The van der Waals surface area contributed by atoms with Gasteiger partial charge in [-0.25, -0.2) is 4.79 Å². The van der Waals surface area contributed by atoms with Crippen LogP contribution in [-0.4, -0.2) is 27.4 Å². The number of hydrogen-bond acceptors (Lipinski definition) is 3. The van der Waals surface area contributed by atoms with Crippen molar-refractivity contribution < 1.29 is 20.1 Å². The van der Waals surface area contributed by atoms with E-state index in [1.165, 1.54) is 6.07 Å². The van der Waals surface area contributed by atoms with Crippen molar-refractivity contribution in [2.75, 3.05) is 0 Å². The summed E-state index contributed by atoms with van der Waals surface area (Å²) in [5, 5.41) is 28.2. The lowest BCUT2D eigenvalue weighted by Crippen LogP contribution is -2.40. The molecule has 1 unspecified atom stereocenters. The van der Waals surface area contributed by atoms with E-state index in [0.29, 0.717) is 10.0 Å². The molecule has 1 aromatic carbocycles. The van der Waals surface area contributed by atoms with Gasteiger partial charge in [-0.1, -0.05) is 35.8 Å². The first kappa shape index (κ1) is 13.0. The number of halogens is 1. The Morgan fingerprint density at radius 2 is 2.00 bits per heavy atom. The second-order valence-electron chi connectivity index (χ2n) is 4.10. The number of carboxylic acid groups (broad SMARTS) is 1. The lowest BCUT2D eigenvalue weighted by molar-refractivity contribution is -0.150. The van der Waals surface area contributed by atoms with Gasteiger partial charge in [-0.2, -0.15) is 0 Å². The lowest BCUT2D eigenvalue weighted by Gasteiger charge is -2.29. The molecule has 0 saturated heterocycles. The average Bonchev–Trinajstić information content (AvgIpc) is 2.15. The number of benzene rings is 1. The van der Waals surface area contributed by atoms with Crippen LogP contribution in [0.15, 0.2) is 22.7 Å². The number of hydrogen-bond donors (Lipinski definition) is 3. The van der Waals surface area contributed by atoms with Gasteiger partial charge in [-0.3, -0.25) is 0 Å². The minimum absolute atomic E-state index is 0.0420. The van der Waals surface area contributed by atoms with Crippen LogP contribution >= 0.6 is 15.9 Å². The van der Waals surface area contributed by atoms with Gasteiger partial charge < -0.3 is 15.3 Å². The molecule has 1 atom stereocenters. The molecule has 0 spiro atoms. The summed E-state index contributed by atoms with van der Waals surface area (Å²) in [7, 11) is 0. The molecule has 0 heterocycles. The summed E-state index contributed by atoms with van der Waals surface area (Å²) in [6, 6.07) is 4.77. The van der Waals surface area contributed by atoms with E-state index < -0.39 is 17.5 Å². The Labute approximate surface area is 102 Å². The molecule has 0 saturated carbocycles. The van der Waals surface area contributed by atoms with Crippen LogP contribution in [0.5, 0.6) is 5.75 Å². The summed E-state index contributed by atoms with van der Waals surface area (Å²) in [5.74, 6) is -1.36. The van der Waals surface area contributed by atoms with E-state index in [0.717, 1.165) is 0 Å². The maximum absolute atomic E-state index is 10.8. The Bertz CT molecular complexity index is 394. The number of rotatable bonds is 3. The Morgan fingerprint density at radius 3 is 2.44 bits per heavy atom. The fourth-order valence-corrected chi connectivity index (χ4v) is 2.46. The Kier molecular flexibility index (Phi) is 3.60. The minimum atomic E-state index is -1.59. The van der Waals surface area contributed by atoms with Crippen LogP contribution in [0.4, 0.5) is 0 Å². The van der Waals surface area contributed by atoms with Gasteiger partial charge in [0.25, 0.3) is 0 Å². The number of carbonyl (C=O) groups is 1. The predicted octanol–water partition coefficient (Wildman–Crippen LogP) is 1.88. The van der Waals surface area contributed by atoms with Gasteiger partial charge in [0.15, 0.2) is 6.10 Å². The summed E-state index contributed by atoms with van der Waals surface area (Å²) in [4.78, 5) is 10.8. The molecule has 88 valence electrons. The third-order valence-corrected chi connectivity index (χ3v) is 3.21. The molecule has 0 bridgehead atoms. The average molecular weight is 289 g/mol. The highest BCUT2D eigenvalue weighted by Crippen LogP contribution is 2.38. The SMILES string of the molecule is CC(C)(c1c(O)cccc1Br)C(O)C(=O)O. The van der Waals surface area contributed by atoms with Gasteiger partial charge in [0.05, 0.1) is 0 Å². The van der Waals surface area contributed by atoms with Crippen molar-refractivity contribution in [3.05, 3.63) is 28.2 Å². The lowest BCUT2D eigenvalue weighted by atomic mass is 9.79. The minimum Gasteiger partial charge on any atom is -0.508 e. The molecular formula is C11H13BrO4. The van der Waals surface area contributed by atoms with E-state index in [9.17, 15) is 15.0 Å². The largest absolute Gasteiger partial charge is 0.508 e. The van der Waals surface area contributed by atoms with Crippen molar-refractivity contribution in [1.82, 2.24) is 0 Å². The highest BCUT2D eigenvalue weighted by atomic mass is 79.9. The van der Waals surface area contributed by atoms with Gasteiger partial charge >= 0.3 is 5.97 Å². The van der Waals surface area contributed by atoms with Gasteiger partial charge in [0.1, 0.15) is 5.75 Å². The fraction of sp³-hybridized carbons (Fsp3) is 0.364. The van der Waals surface area contributed by atoms with Crippen LogP contribution in [-0.2, 0) is 10.2 Å². The monoisotopic (exact) mass is 288 g/mol. The molecule has 0 aliphatic heterocycles. The van der Waals surface area contributed by atoms with Gasteiger partial charge in [0, 0.05) is 15.5 Å². The van der Waals surface area contributed by atoms with E-state index >= 15 is 0 Å². The number of aliphatic carboxylic acids is 1. The zero-order valence-corrected chi connectivity index (χ0v) is 10.5. The number of aliphatic hydroxyl groups is 1.